The number of ketones is 1. The van der Waals surface area contributed by atoms with Crippen LogP contribution < -0.4 is 0 Å². The third-order valence-corrected chi connectivity index (χ3v) is 8.85. The van der Waals surface area contributed by atoms with Gasteiger partial charge in [-0.2, -0.15) is 0 Å². The molecule has 0 spiro atoms. The van der Waals surface area contributed by atoms with Gasteiger partial charge in [0.1, 0.15) is 11.3 Å². The average Bonchev–Trinajstić information content (AvgIpc) is 3.46. The first-order valence-electron chi connectivity index (χ1n) is 16.6. The first kappa shape index (κ1) is 37.7. The monoisotopic (exact) mass is 807 g/mol. The van der Waals surface area contributed by atoms with Crippen molar-refractivity contribution in [1.29, 1.82) is 0 Å². The van der Waals surface area contributed by atoms with Crippen LogP contribution in [0.2, 0.25) is 0 Å². The van der Waals surface area contributed by atoms with Gasteiger partial charge in [0.15, 0.2) is 5.78 Å². The summed E-state index contributed by atoms with van der Waals surface area (Å²) >= 11 is 0. The number of hydrogen-bond donors (Lipinski definition) is 1. The largest absolute Gasteiger partial charge is 0.512 e. The molecule has 0 amide bonds. The molecule has 2 heterocycles. The Morgan fingerprint density at radius 3 is 2.00 bits per heavy atom. The molecule has 249 valence electrons. The van der Waals surface area contributed by atoms with E-state index in [0.29, 0.717) is 0 Å². The Kier molecular flexibility index (Phi) is 13.9. The minimum Gasteiger partial charge on any atom is -0.512 e. The zero-order valence-corrected chi connectivity index (χ0v) is 31.4. The van der Waals surface area contributed by atoms with Gasteiger partial charge in [-0.25, -0.2) is 0 Å². The van der Waals surface area contributed by atoms with Crippen LogP contribution in [-0.2, 0) is 24.9 Å². The Hall–Kier alpha value is -3.79. The summed E-state index contributed by atoms with van der Waals surface area (Å²) < 4.78 is 6.22. The van der Waals surface area contributed by atoms with Gasteiger partial charge < -0.3 is 14.5 Å². The molecular weight excluding hydrogens is 759 g/mol. The van der Waals surface area contributed by atoms with E-state index >= 15 is 0 Å². The van der Waals surface area contributed by atoms with Crippen molar-refractivity contribution in [2.75, 3.05) is 0 Å². The van der Waals surface area contributed by atoms with E-state index in [1.807, 2.05) is 40.0 Å². The molecule has 0 unspecified atom stereocenters. The SMILES string of the molecule is CCC(CC)C(=O)/C=C(\O)C(CC)CC.Cc1[c-]c(-c2cc3oc(-c4ccc(-c5c(C)cccc5C)cc4)cc3cn2)cc(C)c1.[Ir]. The molecule has 0 fully saturated rings. The van der Waals surface area contributed by atoms with Crippen LogP contribution in [0.25, 0.3) is 44.7 Å². The number of furan rings is 1. The fourth-order valence-corrected chi connectivity index (χ4v) is 6.11. The number of rotatable bonds is 10. The maximum absolute atomic E-state index is 11.7. The molecule has 1 N–H and O–H groups in total. The number of fused-ring (bicyclic) bond motifs is 1. The second kappa shape index (κ2) is 17.4. The van der Waals surface area contributed by atoms with Gasteiger partial charge in [0.2, 0.25) is 0 Å². The summed E-state index contributed by atoms with van der Waals surface area (Å²) in [6, 6.07) is 26.7. The van der Waals surface area contributed by atoms with E-state index in [4.69, 9.17) is 4.42 Å². The summed E-state index contributed by atoms with van der Waals surface area (Å²) in [5, 5.41) is 10.8. The predicted molar refractivity (Wildman–Crippen MR) is 192 cm³/mol. The topological polar surface area (TPSA) is 63.3 Å². The van der Waals surface area contributed by atoms with Crippen LogP contribution in [0.4, 0.5) is 0 Å². The molecular formula is C42H48IrNO3-. The summed E-state index contributed by atoms with van der Waals surface area (Å²) in [4.78, 5) is 16.4. The first-order chi connectivity index (χ1) is 22.1. The smallest absolute Gasteiger partial charge is 0.162 e. The molecule has 3 aromatic carbocycles. The number of carbonyl (C=O) groups excluding carboxylic acids is 1. The standard InChI is InChI=1S/C29H24NO.C13H24O2.Ir/c1-18-12-19(2)14-24(13-18)26-16-28-25(17-30-26)15-27(31-28)22-8-10-23(11-9-22)29-20(3)6-5-7-21(29)4;1-5-10(6-2)12(14)9-13(15)11(7-3)8-4;/h5-13,15-17H,1-4H3;9-11,14H,5-8H2,1-4H3;/q-1;;/b;12-9-;. The molecule has 5 rings (SSSR count). The van der Waals surface area contributed by atoms with Crippen LogP contribution in [0.1, 0.15) is 75.6 Å². The molecule has 0 saturated carbocycles. The Bertz CT molecular complexity index is 1770. The molecule has 47 heavy (non-hydrogen) atoms. The molecule has 0 aliphatic carbocycles. The minimum absolute atomic E-state index is 0. The molecule has 5 heteroatoms. The Morgan fingerprint density at radius 2 is 1.43 bits per heavy atom. The van der Waals surface area contributed by atoms with Gasteiger partial charge in [0, 0.05) is 55.2 Å². The number of benzene rings is 3. The third-order valence-electron chi connectivity index (χ3n) is 8.85. The van der Waals surface area contributed by atoms with E-state index in [9.17, 15) is 9.90 Å². The van der Waals surface area contributed by atoms with E-state index in [-0.39, 0.29) is 43.5 Å². The summed E-state index contributed by atoms with van der Waals surface area (Å²) in [5.74, 6) is 1.40. The third kappa shape index (κ3) is 9.40. The maximum Gasteiger partial charge on any atom is 0.162 e. The van der Waals surface area contributed by atoms with Crippen LogP contribution in [0.5, 0.6) is 0 Å². The number of hydrogen-bond acceptors (Lipinski definition) is 4. The number of aliphatic hydroxyl groups is 1. The van der Waals surface area contributed by atoms with E-state index in [1.54, 1.807) is 0 Å². The number of pyridine rings is 1. The zero-order valence-electron chi connectivity index (χ0n) is 29.0. The number of allylic oxidation sites excluding steroid dienone is 2. The fraction of sp³-hybridized carbons (Fsp3) is 0.333. The van der Waals surface area contributed by atoms with Crippen molar-refractivity contribution in [3.05, 3.63) is 113 Å². The van der Waals surface area contributed by atoms with Gasteiger partial charge in [-0.15, -0.1) is 34.9 Å². The Morgan fingerprint density at radius 1 is 0.830 bits per heavy atom. The van der Waals surface area contributed by atoms with Crippen LogP contribution in [0.15, 0.2) is 89.2 Å². The maximum atomic E-state index is 11.7. The van der Waals surface area contributed by atoms with E-state index < -0.39 is 0 Å². The van der Waals surface area contributed by atoms with E-state index in [2.05, 4.69) is 99.4 Å². The van der Waals surface area contributed by atoms with Crippen LogP contribution in [0, 0.1) is 45.6 Å². The predicted octanol–water partition coefficient (Wildman–Crippen LogP) is 11.7. The molecule has 5 aromatic rings. The van der Waals surface area contributed by atoms with Crippen molar-refractivity contribution >= 4 is 16.8 Å². The Labute approximate surface area is 294 Å². The molecule has 0 aliphatic heterocycles. The normalized spacial score (nSPS) is 11.4. The molecule has 0 bridgehead atoms. The van der Waals surface area contributed by atoms with Gasteiger partial charge >= 0.3 is 0 Å². The molecule has 2 aromatic heterocycles. The summed E-state index contributed by atoms with van der Waals surface area (Å²) in [6.45, 7) is 16.5. The van der Waals surface area contributed by atoms with Crippen molar-refractivity contribution in [1.82, 2.24) is 4.98 Å². The quantitative estimate of drug-likeness (QED) is 0.0867. The number of carbonyl (C=O) groups is 1. The van der Waals surface area contributed by atoms with Gasteiger partial charge in [-0.3, -0.25) is 4.79 Å². The second-order valence-corrected chi connectivity index (χ2v) is 12.3. The van der Waals surface area contributed by atoms with Gasteiger partial charge in [0.05, 0.1) is 5.76 Å². The molecule has 1 radical (unpaired) electrons. The second-order valence-electron chi connectivity index (χ2n) is 12.3. The van der Waals surface area contributed by atoms with Crippen LogP contribution in [0.3, 0.4) is 0 Å². The summed E-state index contributed by atoms with van der Waals surface area (Å²) in [7, 11) is 0. The molecule has 0 saturated heterocycles. The molecule has 4 nitrogen and oxygen atoms in total. The van der Waals surface area contributed by atoms with Crippen molar-refractivity contribution in [3.8, 4) is 33.7 Å². The van der Waals surface area contributed by atoms with Crippen molar-refractivity contribution in [3.63, 3.8) is 0 Å². The van der Waals surface area contributed by atoms with Crippen molar-refractivity contribution < 1.29 is 34.4 Å². The van der Waals surface area contributed by atoms with Gasteiger partial charge in [-0.05, 0) is 79.6 Å². The number of aromatic nitrogens is 1. The average molecular weight is 807 g/mol. The number of aryl methyl sites for hydroxylation is 4. The molecule has 0 atom stereocenters. The van der Waals surface area contributed by atoms with Gasteiger partial charge in [0.25, 0.3) is 0 Å². The van der Waals surface area contributed by atoms with Crippen molar-refractivity contribution in [2.45, 2.75) is 81.1 Å². The summed E-state index contributed by atoms with van der Waals surface area (Å²) in [6.07, 6.45) is 6.79. The van der Waals surface area contributed by atoms with E-state index in [0.717, 1.165) is 64.8 Å². The van der Waals surface area contributed by atoms with Crippen molar-refractivity contribution in [2.24, 2.45) is 11.8 Å². The van der Waals surface area contributed by atoms with Crippen LogP contribution >= 0.6 is 0 Å². The fourth-order valence-electron chi connectivity index (χ4n) is 6.11. The number of aliphatic hydroxyl groups excluding tert-OH is 1. The zero-order chi connectivity index (χ0) is 33.4. The van der Waals surface area contributed by atoms with Gasteiger partial charge in [-0.1, -0.05) is 84.0 Å². The first-order valence-corrected chi connectivity index (χ1v) is 16.6. The van der Waals surface area contributed by atoms with Crippen LogP contribution in [-0.4, -0.2) is 15.9 Å². The molecule has 0 aliphatic rings. The number of nitrogens with zero attached hydrogens (tertiary/aromatic N) is 1. The Balaban J connectivity index is 0.000000322. The minimum atomic E-state index is 0. The van der Waals surface area contributed by atoms with E-state index in [1.165, 1.54) is 33.9 Å². The summed E-state index contributed by atoms with van der Waals surface area (Å²) in [5.41, 5.74) is 11.2.